The molecule has 3 nitrogen and oxygen atoms in total. The van der Waals surface area contributed by atoms with Crippen molar-refractivity contribution < 1.29 is 12.8 Å². The highest BCUT2D eigenvalue weighted by Gasteiger charge is 1.89. The molecule has 0 saturated carbocycles. The van der Waals surface area contributed by atoms with Gasteiger partial charge in [0.2, 0.25) is 0 Å². The van der Waals surface area contributed by atoms with Crippen molar-refractivity contribution in [1.82, 2.24) is 0 Å². The van der Waals surface area contributed by atoms with Crippen LogP contribution in [0.3, 0.4) is 0 Å². The Morgan fingerprint density at radius 2 is 1.73 bits per heavy atom. The van der Waals surface area contributed by atoms with Gasteiger partial charge in [-0.1, -0.05) is 0 Å². The average Bonchev–Trinajstić information content (AvgIpc) is 1.93. The quantitative estimate of drug-likeness (QED) is 0.646. The summed E-state index contributed by atoms with van der Waals surface area (Å²) < 4.78 is 35.4. The fourth-order valence-corrected chi connectivity index (χ4v) is 0.882. The van der Waals surface area contributed by atoms with E-state index in [-0.39, 0.29) is 5.69 Å². The second-order valence-corrected chi connectivity index (χ2v) is 2.40. The van der Waals surface area contributed by atoms with Crippen molar-refractivity contribution in [2.24, 2.45) is 4.36 Å². The highest BCUT2D eigenvalue weighted by atomic mass is 32.2. The zero-order chi connectivity index (χ0) is 8.27. The van der Waals surface area contributed by atoms with Crippen molar-refractivity contribution in [2.45, 2.75) is 0 Å². The Morgan fingerprint density at radius 1 is 1.18 bits per heavy atom. The van der Waals surface area contributed by atoms with Crippen molar-refractivity contribution in [2.75, 3.05) is 0 Å². The van der Waals surface area contributed by atoms with Crippen LogP contribution in [-0.2, 0) is 10.5 Å². The van der Waals surface area contributed by atoms with E-state index in [4.69, 9.17) is 0 Å². The number of hydrogen-bond acceptors (Lipinski definition) is 3. The van der Waals surface area contributed by atoms with Gasteiger partial charge in [0.1, 0.15) is 5.82 Å². The minimum absolute atomic E-state index is 0.222. The second-order valence-electron chi connectivity index (χ2n) is 1.78. The van der Waals surface area contributed by atoms with Gasteiger partial charge in [-0.25, -0.2) is 4.39 Å². The predicted octanol–water partition coefficient (Wildman–Crippen LogP) is 1.52. The Hall–Kier alpha value is -1.23. The highest BCUT2D eigenvalue weighted by molar-refractivity contribution is 7.61. The van der Waals surface area contributed by atoms with Gasteiger partial charge >= 0.3 is 10.5 Å². The second kappa shape index (κ2) is 3.25. The third kappa shape index (κ3) is 2.46. The van der Waals surface area contributed by atoms with Crippen LogP contribution in [0.1, 0.15) is 0 Å². The molecule has 0 bridgehead atoms. The highest BCUT2D eigenvalue weighted by Crippen LogP contribution is 2.10. The fraction of sp³-hybridized carbons (Fsp3) is 0. The summed E-state index contributed by atoms with van der Waals surface area (Å²) in [5, 5.41) is 0. The predicted molar refractivity (Wildman–Crippen MR) is 37.4 cm³/mol. The fourth-order valence-electron chi connectivity index (χ4n) is 0.588. The van der Waals surface area contributed by atoms with E-state index in [1.807, 2.05) is 0 Å². The molecule has 0 atom stereocenters. The lowest BCUT2D eigenvalue weighted by Crippen LogP contribution is -1.69. The van der Waals surface area contributed by atoms with E-state index < -0.39 is 16.3 Å². The number of benzene rings is 1. The van der Waals surface area contributed by atoms with Gasteiger partial charge in [-0.15, -0.1) is 4.36 Å². The summed E-state index contributed by atoms with van der Waals surface area (Å²) in [6, 6.07) is 4.85. The van der Waals surface area contributed by atoms with Crippen LogP contribution >= 0.6 is 0 Å². The molecule has 0 radical (unpaired) electrons. The molecule has 1 aromatic carbocycles. The molecule has 5 heteroatoms. The monoisotopic (exact) mass is 173 g/mol. The van der Waals surface area contributed by atoms with Crippen LogP contribution in [0.4, 0.5) is 10.1 Å². The standard InChI is InChI=1S/C6H4FNO2S/c7-5-1-3-6(4-2-5)8-11(9)10/h1-4H. The zero-order valence-electron chi connectivity index (χ0n) is 5.36. The topological polar surface area (TPSA) is 46.5 Å². The first-order chi connectivity index (χ1) is 5.18. The molecular formula is C6H4FNO2S. The van der Waals surface area contributed by atoms with Crippen molar-refractivity contribution in [1.29, 1.82) is 0 Å². The molecule has 0 fully saturated rings. The lowest BCUT2D eigenvalue weighted by atomic mass is 10.3. The van der Waals surface area contributed by atoms with Crippen LogP contribution in [0.25, 0.3) is 0 Å². The van der Waals surface area contributed by atoms with Gasteiger partial charge in [0.15, 0.2) is 0 Å². The average molecular weight is 173 g/mol. The largest absolute Gasteiger partial charge is 0.316 e. The van der Waals surface area contributed by atoms with Gasteiger partial charge in [-0.05, 0) is 24.3 Å². The molecule has 0 amide bonds. The summed E-state index contributed by atoms with van der Waals surface area (Å²) >= 11 is 0. The van der Waals surface area contributed by atoms with Crippen molar-refractivity contribution in [3.63, 3.8) is 0 Å². The van der Waals surface area contributed by atoms with Crippen LogP contribution in [0, 0.1) is 5.82 Å². The minimum atomic E-state index is -2.47. The van der Waals surface area contributed by atoms with Crippen LogP contribution in [0.5, 0.6) is 0 Å². The first-order valence-electron chi connectivity index (χ1n) is 2.75. The van der Waals surface area contributed by atoms with Crippen LogP contribution in [0.2, 0.25) is 0 Å². The first kappa shape index (κ1) is 7.87. The molecule has 0 aliphatic rings. The molecule has 1 rings (SSSR count). The molecule has 0 aliphatic heterocycles. The van der Waals surface area contributed by atoms with E-state index >= 15 is 0 Å². The van der Waals surface area contributed by atoms with Crippen LogP contribution in [-0.4, -0.2) is 8.42 Å². The Kier molecular flexibility index (Phi) is 2.32. The maximum Gasteiger partial charge on any atom is 0.316 e. The van der Waals surface area contributed by atoms with E-state index in [0.29, 0.717) is 0 Å². The SMILES string of the molecule is O=S(=O)=Nc1ccc(F)cc1. The molecule has 0 heterocycles. The lowest BCUT2D eigenvalue weighted by molar-refractivity contribution is 0.621. The minimum Gasteiger partial charge on any atom is -0.207 e. The molecule has 11 heavy (non-hydrogen) atoms. The zero-order valence-corrected chi connectivity index (χ0v) is 6.18. The van der Waals surface area contributed by atoms with Gasteiger partial charge in [0.25, 0.3) is 0 Å². The Morgan fingerprint density at radius 3 is 2.18 bits per heavy atom. The molecule has 0 aliphatic carbocycles. The summed E-state index contributed by atoms with van der Waals surface area (Å²) in [4.78, 5) is 0. The van der Waals surface area contributed by atoms with E-state index in [0.717, 1.165) is 12.1 Å². The third-order valence-electron chi connectivity index (χ3n) is 1.01. The summed E-state index contributed by atoms with van der Waals surface area (Å²) in [5.41, 5.74) is 0.222. The normalized spacial score (nSPS) is 9.18. The van der Waals surface area contributed by atoms with E-state index in [1.54, 1.807) is 0 Å². The van der Waals surface area contributed by atoms with Crippen LogP contribution in [0.15, 0.2) is 28.6 Å². The summed E-state index contributed by atoms with van der Waals surface area (Å²) in [6.07, 6.45) is 0. The van der Waals surface area contributed by atoms with Gasteiger partial charge in [-0.2, -0.15) is 8.42 Å². The Balaban J connectivity index is 3.09. The van der Waals surface area contributed by atoms with Gasteiger partial charge < -0.3 is 0 Å². The molecule has 0 aromatic heterocycles. The van der Waals surface area contributed by atoms with Gasteiger partial charge in [0.05, 0.1) is 5.69 Å². The maximum atomic E-state index is 12.2. The molecule has 0 spiro atoms. The van der Waals surface area contributed by atoms with Crippen LogP contribution < -0.4 is 0 Å². The third-order valence-corrected chi connectivity index (χ3v) is 1.37. The molecule has 1 aromatic rings. The summed E-state index contributed by atoms with van der Waals surface area (Å²) in [5.74, 6) is -0.416. The maximum absolute atomic E-state index is 12.2. The van der Waals surface area contributed by atoms with E-state index in [2.05, 4.69) is 4.36 Å². The number of halogens is 1. The summed E-state index contributed by atoms with van der Waals surface area (Å²) in [6.45, 7) is 0. The Bertz CT molecular complexity index is 360. The molecule has 58 valence electrons. The van der Waals surface area contributed by atoms with E-state index in [1.165, 1.54) is 12.1 Å². The number of hydrogen-bond donors (Lipinski definition) is 0. The number of rotatable bonds is 1. The summed E-state index contributed by atoms with van der Waals surface area (Å²) in [7, 11) is -2.47. The van der Waals surface area contributed by atoms with Crippen molar-refractivity contribution in [3.05, 3.63) is 30.1 Å². The van der Waals surface area contributed by atoms with Gasteiger partial charge in [0, 0.05) is 0 Å². The molecule has 0 saturated heterocycles. The van der Waals surface area contributed by atoms with Gasteiger partial charge in [-0.3, -0.25) is 0 Å². The molecule has 0 N–H and O–H groups in total. The molecule has 0 unspecified atom stereocenters. The van der Waals surface area contributed by atoms with Crippen molar-refractivity contribution in [3.8, 4) is 0 Å². The lowest BCUT2D eigenvalue weighted by Gasteiger charge is -1.86. The van der Waals surface area contributed by atoms with Crippen molar-refractivity contribution >= 4 is 16.2 Å². The Labute approximate surface area is 64.2 Å². The first-order valence-corrected chi connectivity index (χ1v) is 3.78. The van der Waals surface area contributed by atoms with E-state index in [9.17, 15) is 12.8 Å². The smallest absolute Gasteiger partial charge is 0.207 e. The molecular weight excluding hydrogens is 169 g/mol. The number of nitrogens with zero attached hydrogens (tertiary/aromatic N) is 1.